The number of carbonyl (C=O) groups is 1. The van der Waals surface area contributed by atoms with E-state index in [1.165, 1.54) is 24.5 Å². The zero-order valence-corrected chi connectivity index (χ0v) is 6.31. The van der Waals surface area contributed by atoms with Crippen molar-refractivity contribution < 1.29 is 14.6 Å². The third kappa shape index (κ3) is 2.46. The van der Waals surface area contributed by atoms with Crippen LogP contribution in [-0.4, -0.2) is 11.4 Å². The first-order valence-electron chi connectivity index (χ1n) is 3.39. The second kappa shape index (κ2) is 4.18. The maximum atomic E-state index is 9.85. The van der Waals surface area contributed by atoms with E-state index in [1.54, 1.807) is 12.1 Å². The summed E-state index contributed by atoms with van der Waals surface area (Å²) in [4.78, 5) is 9.85. The summed E-state index contributed by atoms with van der Waals surface area (Å²) in [7, 11) is 0. The summed E-state index contributed by atoms with van der Waals surface area (Å²) in [6.07, 6.45) is 3.09. The Balaban J connectivity index is 2.63. The minimum absolute atomic E-state index is 0.131. The number of phenolic OH excluding ortho intramolecular Hbond substituents is 1. The van der Waals surface area contributed by atoms with Crippen molar-refractivity contribution in [1.82, 2.24) is 0 Å². The van der Waals surface area contributed by atoms with Crippen molar-refractivity contribution in [2.75, 3.05) is 0 Å². The molecule has 1 aromatic carbocycles. The fraction of sp³-hybridized carbons (Fsp3) is 0. The SMILES string of the molecule is O=CC=COc1cccc(O)c1. The lowest BCUT2D eigenvalue weighted by Crippen LogP contribution is -1.80. The Kier molecular flexibility index (Phi) is 2.90. The predicted octanol–water partition coefficient (Wildman–Crippen LogP) is 1.48. The van der Waals surface area contributed by atoms with Crippen molar-refractivity contribution in [3.05, 3.63) is 36.6 Å². The van der Waals surface area contributed by atoms with Gasteiger partial charge in [-0.1, -0.05) is 6.07 Å². The fourth-order valence-corrected chi connectivity index (χ4v) is 0.707. The van der Waals surface area contributed by atoms with Crippen LogP contribution in [-0.2, 0) is 4.79 Å². The van der Waals surface area contributed by atoms with Crippen LogP contribution in [0.25, 0.3) is 0 Å². The van der Waals surface area contributed by atoms with Crippen LogP contribution in [0, 0.1) is 0 Å². The molecule has 0 fully saturated rings. The summed E-state index contributed by atoms with van der Waals surface area (Å²) in [6, 6.07) is 6.32. The van der Waals surface area contributed by atoms with Crippen molar-refractivity contribution in [3.63, 3.8) is 0 Å². The van der Waals surface area contributed by atoms with E-state index in [4.69, 9.17) is 9.84 Å². The molecule has 1 rings (SSSR count). The standard InChI is InChI=1S/C9H8O3/c10-5-2-6-12-9-4-1-3-8(11)7-9/h1-7,11H. The molecule has 0 heterocycles. The van der Waals surface area contributed by atoms with E-state index in [0.29, 0.717) is 12.0 Å². The molecule has 0 aliphatic rings. The molecular formula is C9H8O3. The highest BCUT2D eigenvalue weighted by Crippen LogP contribution is 2.17. The minimum atomic E-state index is 0.131. The molecule has 0 aliphatic heterocycles. The number of ether oxygens (including phenoxy) is 1. The Labute approximate surface area is 69.9 Å². The van der Waals surface area contributed by atoms with Gasteiger partial charge in [-0.25, -0.2) is 0 Å². The van der Waals surface area contributed by atoms with Gasteiger partial charge in [0.1, 0.15) is 17.8 Å². The van der Waals surface area contributed by atoms with E-state index < -0.39 is 0 Å². The second-order valence-corrected chi connectivity index (χ2v) is 2.08. The molecule has 0 unspecified atom stereocenters. The van der Waals surface area contributed by atoms with Crippen LogP contribution in [0.5, 0.6) is 11.5 Å². The van der Waals surface area contributed by atoms with Crippen molar-refractivity contribution in [1.29, 1.82) is 0 Å². The molecule has 0 aliphatic carbocycles. The Morgan fingerprint density at radius 2 is 2.25 bits per heavy atom. The van der Waals surface area contributed by atoms with Gasteiger partial charge in [0.15, 0.2) is 0 Å². The summed E-state index contributed by atoms with van der Waals surface area (Å²) in [5.74, 6) is 0.625. The first-order chi connectivity index (χ1) is 5.83. The van der Waals surface area contributed by atoms with E-state index in [1.807, 2.05) is 0 Å². The van der Waals surface area contributed by atoms with Gasteiger partial charge in [0, 0.05) is 12.1 Å². The number of hydrogen-bond acceptors (Lipinski definition) is 3. The van der Waals surface area contributed by atoms with Gasteiger partial charge in [0.2, 0.25) is 0 Å². The van der Waals surface area contributed by atoms with Crippen LogP contribution < -0.4 is 4.74 Å². The largest absolute Gasteiger partial charge is 0.508 e. The average molecular weight is 164 g/mol. The Morgan fingerprint density at radius 3 is 2.92 bits per heavy atom. The molecule has 12 heavy (non-hydrogen) atoms. The highest BCUT2D eigenvalue weighted by molar-refractivity contribution is 5.64. The smallest absolute Gasteiger partial charge is 0.145 e. The maximum absolute atomic E-state index is 9.85. The molecule has 0 radical (unpaired) electrons. The summed E-state index contributed by atoms with van der Waals surface area (Å²) in [6.45, 7) is 0. The zero-order valence-electron chi connectivity index (χ0n) is 6.31. The number of hydrogen-bond donors (Lipinski definition) is 1. The van der Waals surface area contributed by atoms with Gasteiger partial charge in [0.05, 0.1) is 6.26 Å². The average Bonchev–Trinajstić information content (AvgIpc) is 2.05. The Hall–Kier alpha value is -1.77. The first kappa shape index (κ1) is 8.33. The predicted molar refractivity (Wildman–Crippen MR) is 43.9 cm³/mol. The molecule has 0 saturated carbocycles. The van der Waals surface area contributed by atoms with E-state index in [-0.39, 0.29) is 5.75 Å². The molecule has 0 spiro atoms. The van der Waals surface area contributed by atoms with E-state index in [9.17, 15) is 4.79 Å². The van der Waals surface area contributed by atoms with Crippen LogP contribution in [0.2, 0.25) is 0 Å². The third-order valence-corrected chi connectivity index (χ3v) is 1.18. The molecule has 3 nitrogen and oxygen atoms in total. The Morgan fingerprint density at radius 1 is 1.42 bits per heavy atom. The van der Waals surface area contributed by atoms with Gasteiger partial charge in [-0.15, -0.1) is 0 Å². The van der Waals surface area contributed by atoms with Crippen LogP contribution in [0.1, 0.15) is 0 Å². The van der Waals surface area contributed by atoms with E-state index >= 15 is 0 Å². The van der Waals surface area contributed by atoms with Crippen molar-refractivity contribution >= 4 is 6.29 Å². The maximum Gasteiger partial charge on any atom is 0.145 e. The molecule has 0 aromatic heterocycles. The van der Waals surface area contributed by atoms with Crippen molar-refractivity contribution in [3.8, 4) is 11.5 Å². The van der Waals surface area contributed by atoms with E-state index in [2.05, 4.69) is 0 Å². The molecule has 1 N–H and O–H groups in total. The topological polar surface area (TPSA) is 46.5 Å². The molecule has 62 valence electrons. The van der Waals surface area contributed by atoms with Crippen molar-refractivity contribution in [2.24, 2.45) is 0 Å². The summed E-state index contributed by atoms with van der Waals surface area (Å²) in [5.41, 5.74) is 0. The molecule has 0 amide bonds. The number of phenols is 1. The Bertz CT molecular complexity index is 292. The summed E-state index contributed by atoms with van der Waals surface area (Å²) >= 11 is 0. The summed E-state index contributed by atoms with van der Waals surface area (Å²) in [5, 5.41) is 9.00. The zero-order chi connectivity index (χ0) is 8.81. The van der Waals surface area contributed by atoms with Crippen LogP contribution >= 0.6 is 0 Å². The monoisotopic (exact) mass is 164 g/mol. The number of carbonyl (C=O) groups excluding carboxylic acids is 1. The molecule has 0 saturated heterocycles. The highest BCUT2D eigenvalue weighted by Gasteiger charge is 1.90. The van der Waals surface area contributed by atoms with Gasteiger partial charge >= 0.3 is 0 Å². The highest BCUT2D eigenvalue weighted by atomic mass is 16.5. The number of aldehydes is 1. The van der Waals surface area contributed by atoms with Gasteiger partial charge in [-0.05, 0) is 12.1 Å². The van der Waals surface area contributed by atoms with E-state index in [0.717, 1.165) is 0 Å². The molecule has 0 atom stereocenters. The van der Waals surface area contributed by atoms with Gasteiger partial charge in [-0.3, -0.25) is 4.79 Å². The normalized spacial score (nSPS) is 10.0. The lowest BCUT2D eigenvalue weighted by atomic mass is 10.3. The number of aromatic hydroxyl groups is 1. The quantitative estimate of drug-likeness (QED) is 0.418. The number of allylic oxidation sites excluding steroid dienone is 1. The van der Waals surface area contributed by atoms with Gasteiger partial charge in [-0.2, -0.15) is 0 Å². The lowest BCUT2D eigenvalue weighted by molar-refractivity contribution is -0.104. The van der Waals surface area contributed by atoms with Crippen molar-refractivity contribution in [2.45, 2.75) is 0 Å². The molecule has 3 heteroatoms. The first-order valence-corrected chi connectivity index (χ1v) is 3.39. The second-order valence-electron chi connectivity index (χ2n) is 2.08. The van der Waals surface area contributed by atoms with Gasteiger partial charge in [0.25, 0.3) is 0 Å². The van der Waals surface area contributed by atoms with Crippen LogP contribution in [0.3, 0.4) is 0 Å². The fourth-order valence-electron chi connectivity index (χ4n) is 0.707. The lowest BCUT2D eigenvalue weighted by Gasteiger charge is -1.98. The molecular weight excluding hydrogens is 156 g/mol. The number of benzene rings is 1. The van der Waals surface area contributed by atoms with Gasteiger partial charge < -0.3 is 9.84 Å². The van der Waals surface area contributed by atoms with Crippen LogP contribution in [0.4, 0.5) is 0 Å². The molecule has 0 bridgehead atoms. The number of rotatable bonds is 3. The summed E-state index contributed by atoms with van der Waals surface area (Å²) < 4.78 is 4.96. The molecule has 1 aromatic rings. The third-order valence-electron chi connectivity index (χ3n) is 1.18. The minimum Gasteiger partial charge on any atom is -0.508 e. The van der Waals surface area contributed by atoms with Crippen LogP contribution in [0.15, 0.2) is 36.6 Å².